The van der Waals surface area contributed by atoms with Gasteiger partial charge in [-0.3, -0.25) is 11.3 Å². The SMILES string of the molecule is CC(C)CSCC(NN)C1CCOC2(CCSC2)C1. The van der Waals surface area contributed by atoms with Crippen molar-refractivity contribution in [3.8, 4) is 0 Å². The Morgan fingerprint density at radius 2 is 2.32 bits per heavy atom. The third kappa shape index (κ3) is 4.53. The molecule has 3 unspecified atom stereocenters. The van der Waals surface area contributed by atoms with E-state index in [1.165, 1.54) is 30.1 Å². The first-order valence-corrected chi connectivity index (χ1v) is 9.72. The van der Waals surface area contributed by atoms with E-state index in [4.69, 9.17) is 10.6 Å². The van der Waals surface area contributed by atoms with E-state index in [-0.39, 0.29) is 5.60 Å². The summed E-state index contributed by atoms with van der Waals surface area (Å²) < 4.78 is 6.10. The predicted molar refractivity (Wildman–Crippen MR) is 86.6 cm³/mol. The van der Waals surface area contributed by atoms with Gasteiger partial charge in [0.2, 0.25) is 0 Å². The summed E-state index contributed by atoms with van der Waals surface area (Å²) in [5, 5.41) is 0. The lowest BCUT2D eigenvalue weighted by Gasteiger charge is -2.40. The zero-order valence-corrected chi connectivity index (χ0v) is 13.8. The van der Waals surface area contributed by atoms with Gasteiger partial charge in [0.1, 0.15) is 0 Å². The fourth-order valence-electron chi connectivity index (χ4n) is 3.02. The molecule has 0 amide bonds. The van der Waals surface area contributed by atoms with E-state index in [2.05, 4.69) is 19.3 Å². The molecule has 2 rings (SSSR count). The standard InChI is InChI=1S/C14H28N2OS2/c1-11(2)8-19-9-13(16-15)12-3-5-17-14(7-12)4-6-18-10-14/h11-13,16H,3-10,15H2,1-2H3. The van der Waals surface area contributed by atoms with Gasteiger partial charge >= 0.3 is 0 Å². The summed E-state index contributed by atoms with van der Waals surface area (Å²) in [6, 6.07) is 0.440. The Morgan fingerprint density at radius 1 is 1.47 bits per heavy atom. The van der Waals surface area contributed by atoms with Gasteiger partial charge in [-0.25, -0.2) is 0 Å². The Labute approximate surface area is 126 Å². The molecule has 0 aliphatic carbocycles. The summed E-state index contributed by atoms with van der Waals surface area (Å²) in [4.78, 5) is 0. The normalized spacial score (nSPS) is 33.2. The van der Waals surface area contributed by atoms with Crippen molar-refractivity contribution >= 4 is 23.5 Å². The average Bonchev–Trinajstić information content (AvgIpc) is 2.82. The molecule has 0 aromatic heterocycles. The molecule has 3 N–H and O–H groups in total. The number of nitrogens with two attached hydrogens (primary N) is 1. The van der Waals surface area contributed by atoms with Gasteiger partial charge < -0.3 is 4.74 Å². The van der Waals surface area contributed by atoms with Gasteiger partial charge in [-0.1, -0.05) is 13.8 Å². The van der Waals surface area contributed by atoms with Crippen LogP contribution in [-0.4, -0.2) is 41.3 Å². The molecular weight excluding hydrogens is 276 g/mol. The first kappa shape index (κ1) is 16.0. The van der Waals surface area contributed by atoms with Gasteiger partial charge in [-0.2, -0.15) is 23.5 Å². The molecule has 5 heteroatoms. The molecule has 3 nitrogen and oxygen atoms in total. The minimum atomic E-state index is 0.172. The van der Waals surface area contributed by atoms with E-state index in [0.717, 1.165) is 24.7 Å². The number of hydrogen-bond acceptors (Lipinski definition) is 5. The van der Waals surface area contributed by atoms with E-state index in [0.29, 0.717) is 12.0 Å². The van der Waals surface area contributed by atoms with E-state index in [1.54, 1.807) is 0 Å². The van der Waals surface area contributed by atoms with Crippen LogP contribution < -0.4 is 11.3 Å². The lowest BCUT2D eigenvalue weighted by Crippen LogP contribution is -2.50. The van der Waals surface area contributed by atoms with Crippen LogP contribution >= 0.6 is 23.5 Å². The number of hydrazine groups is 1. The van der Waals surface area contributed by atoms with Gasteiger partial charge in [-0.05, 0) is 42.6 Å². The molecule has 2 saturated heterocycles. The maximum atomic E-state index is 6.10. The fraction of sp³-hybridized carbons (Fsp3) is 1.00. The van der Waals surface area contributed by atoms with Crippen molar-refractivity contribution in [2.45, 2.75) is 44.8 Å². The van der Waals surface area contributed by atoms with Crippen LogP contribution in [0, 0.1) is 11.8 Å². The number of ether oxygens (including phenoxy) is 1. The second-order valence-electron chi connectivity index (χ2n) is 6.29. The van der Waals surface area contributed by atoms with Gasteiger partial charge in [0.15, 0.2) is 0 Å². The van der Waals surface area contributed by atoms with Crippen molar-refractivity contribution < 1.29 is 4.74 Å². The highest BCUT2D eigenvalue weighted by Gasteiger charge is 2.42. The lowest BCUT2D eigenvalue weighted by atomic mass is 9.82. The first-order valence-electron chi connectivity index (χ1n) is 7.41. The van der Waals surface area contributed by atoms with Crippen molar-refractivity contribution in [3.05, 3.63) is 0 Å². The first-order chi connectivity index (χ1) is 9.15. The monoisotopic (exact) mass is 304 g/mol. The molecular formula is C14H28N2OS2. The van der Waals surface area contributed by atoms with Crippen LogP contribution in [0.15, 0.2) is 0 Å². The third-order valence-electron chi connectivity index (χ3n) is 4.13. The number of hydrogen-bond donors (Lipinski definition) is 2. The molecule has 2 aliphatic rings. The molecule has 0 aromatic rings. The Kier molecular flexibility index (Phi) is 6.34. The molecule has 112 valence electrons. The summed E-state index contributed by atoms with van der Waals surface area (Å²) in [6.07, 6.45) is 3.57. The highest BCUT2D eigenvalue weighted by atomic mass is 32.2. The highest BCUT2D eigenvalue weighted by molar-refractivity contribution is 7.99. The fourth-order valence-corrected chi connectivity index (χ4v) is 5.63. The molecule has 19 heavy (non-hydrogen) atoms. The zero-order chi connectivity index (χ0) is 13.7. The quantitative estimate of drug-likeness (QED) is 0.583. The summed E-state index contributed by atoms with van der Waals surface area (Å²) in [5.74, 6) is 12.0. The van der Waals surface area contributed by atoms with Crippen LogP contribution in [0.5, 0.6) is 0 Å². The van der Waals surface area contributed by atoms with E-state index in [9.17, 15) is 0 Å². The summed E-state index contributed by atoms with van der Waals surface area (Å²) >= 11 is 4.07. The van der Waals surface area contributed by atoms with Gasteiger partial charge in [0, 0.05) is 24.2 Å². The topological polar surface area (TPSA) is 47.3 Å². The van der Waals surface area contributed by atoms with E-state index in [1.807, 2.05) is 23.5 Å². The zero-order valence-electron chi connectivity index (χ0n) is 12.2. The van der Waals surface area contributed by atoms with Crippen LogP contribution in [-0.2, 0) is 4.74 Å². The smallest absolute Gasteiger partial charge is 0.0783 e. The Bertz CT molecular complexity index is 270. The summed E-state index contributed by atoms with van der Waals surface area (Å²) in [6.45, 7) is 5.46. The van der Waals surface area contributed by atoms with Crippen LogP contribution in [0.1, 0.15) is 33.1 Å². The van der Waals surface area contributed by atoms with Crippen LogP contribution in [0.2, 0.25) is 0 Å². The maximum absolute atomic E-state index is 6.10. The minimum absolute atomic E-state index is 0.172. The van der Waals surface area contributed by atoms with Gasteiger partial charge in [0.25, 0.3) is 0 Å². The Morgan fingerprint density at radius 3 is 2.95 bits per heavy atom. The molecule has 0 saturated carbocycles. The average molecular weight is 305 g/mol. The molecule has 0 aromatic carbocycles. The van der Waals surface area contributed by atoms with E-state index < -0.39 is 0 Å². The third-order valence-corrected chi connectivity index (χ3v) is 6.85. The Hall–Kier alpha value is 0.580. The summed E-state index contributed by atoms with van der Waals surface area (Å²) in [5.41, 5.74) is 3.24. The molecule has 2 fully saturated rings. The molecule has 0 bridgehead atoms. The molecule has 2 heterocycles. The van der Waals surface area contributed by atoms with Crippen molar-refractivity contribution in [1.82, 2.24) is 5.43 Å². The van der Waals surface area contributed by atoms with E-state index >= 15 is 0 Å². The minimum Gasteiger partial charge on any atom is -0.374 e. The molecule has 1 spiro atoms. The largest absolute Gasteiger partial charge is 0.374 e. The molecule has 3 atom stereocenters. The molecule has 0 radical (unpaired) electrons. The van der Waals surface area contributed by atoms with Crippen molar-refractivity contribution in [3.63, 3.8) is 0 Å². The predicted octanol–water partition coefficient (Wildman–Crippen LogP) is 2.51. The highest BCUT2D eigenvalue weighted by Crippen LogP contribution is 2.41. The Balaban J connectivity index is 1.83. The maximum Gasteiger partial charge on any atom is 0.0783 e. The lowest BCUT2D eigenvalue weighted by molar-refractivity contribution is -0.0838. The van der Waals surface area contributed by atoms with Gasteiger partial charge in [0.05, 0.1) is 5.60 Å². The second-order valence-corrected chi connectivity index (χ2v) is 8.47. The van der Waals surface area contributed by atoms with Crippen molar-refractivity contribution in [1.29, 1.82) is 0 Å². The number of thioether (sulfide) groups is 2. The number of rotatable bonds is 6. The van der Waals surface area contributed by atoms with Crippen LogP contribution in [0.3, 0.4) is 0 Å². The summed E-state index contributed by atoms with van der Waals surface area (Å²) in [7, 11) is 0. The van der Waals surface area contributed by atoms with Crippen molar-refractivity contribution in [2.24, 2.45) is 17.7 Å². The van der Waals surface area contributed by atoms with Crippen LogP contribution in [0.4, 0.5) is 0 Å². The number of nitrogens with one attached hydrogen (secondary N) is 1. The van der Waals surface area contributed by atoms with Gasteiger partial charge in [-0.15, -0.1) is 0 Å². The molecule has 2 aliphatic heterocycles. The van der Waals surface area contributed by atoms with Crippen molar-refractivity contribution in [2.75, 3.05) is 29.6 Å². The second kappa shape index (κ2) is 7.55. The van der Waals surface area contributed by atoms with Crippen LogP contribution in [0.25, 0.3) is 0 Å².